The van der Waals surface area contributed by atoms with Crippen LogP contribution < -0.4 is 0 Å². The molecule has 2 saturated carbocycles. The molecule has 2 aromatic rings. The Labute approximate surface area is 143 Å². The van der Waals surface area contributed by atoms with Gasteiger partial charge in [0.15, 0.2) is 0 Å². The van der Waals surface area contributed by atoms with E-state index >= 15 is 0 Å². The lowest BCUT2D eigenvalue weighted by molar-refractivity contribution is 0.116. The zero-order valence-electron chi connectivity index (χ0n) is 14.4. The van der Waals surface area contributed by atoms with Crippen molar-refractivity contribution in [2.45, 2.75) is 57.8 Å². The highest BCUT2D eigenvalue weighted by Crippen LogP contribution is 2.48. The molecular weight excluding hydrogens is 302 g/mol. The van der Waals surface area contributed by atoms with Crippen LogP contribution in [0, 0.1) is 29.4 Å². The fourth-order valence-electron chi connectivity index (χ4n) is 5.20. The Kier molecular flexibility index (Phi) is 4.32. The molecule has 4 rings (SSSR count). The summed E-state index contributed by atoms with van der Waals surface area (Å²) in [5.41, 5.74) is 1.11. The maximum absolute atomic E-state index is 14.4. The normalized spacial score (nSPS) is 30.3. The monoisotopic (exact) mass is 328 g/mol. The van der Waals surface area contributed by atoms with E-state index in [1.807, 2.05) is 0 Å². The first-order chi connectivity index (χ1) is 11.6. The number of fused-ring (bicyclic) bond motifs is 2. The van der Waals surface area contributed by atoms with E-state index in [-0.39, 0.29) is 11.6 Å². The van der Waals surface area contributed by atoms with Gasteiger partial charge in [-0.05, 0) is 84.9 Å². The zero-order valence-corrected chi connectivity index (χ0v) is 14.4. The second-order valence-electron chi connectivity index (χ2n) is 7.99. The summed E-state index contributed by atoms with van der Waals surface area (Å²) in [6.07, 6.45) is 9.10. The van der Waals surface area contributed by atoms with E-state index in [0.717, 1.165) is 28.7 Å². The van der Waals surface area contributed by atoms with Crippen LogP contribution in [0.2, 0.25) is 0 Å². The maximum atomic E-state index is 14.4. The van der Waals surface area contributed by atoms with Gasteiger partial charge in [0, 0.05) is 5.39 Å². The van der Waals surface area contributed by atoms with Gasteiger partial charge in [-0.1, -0.05) is 31.9 Å². The number of hydrogen-bond donors (Lipinski definition) is 0. The molecule has 2 unspecified atom stereocenters. The van der Waals surface area contributed by atoms with Crippen molar-refractivity contribution in [2.75, 3.05) is 0 Å². The molecule has 0 spiro atoms. The topological polar surface area (TPSA) is 0 Å². The molecule has 0 saturated heterocycles. The first kappa shape index (κ1) is 16.1. The van der Waals surface area contributed by atoms with Crippen molar-refractivity contribution in [3.63, 3.8) is 0 Å². The van der Waals surface area contributed by atoms with Crippen LogP contribution in [0.15, 0.2) is 30.3 Å². The molecule has 2 fully saturated rings. The smallest absolute Gasteiger partial charge is 0.131 e. The van der Waals surface area contributed by atoms with Gasteiger partial charge in [-0.2, -0.15) is 0 Å². The van der Waals surface area contributed by atoms with Crippen molar-refractivity contribution in [3.8, 4) is 0 Å². The minimum absolute atomic E-state index is 0.279. The van der Waals surface area contributed by atoms with Crippen molar-refractivity contribution < 1.29 is 8.78 Å². The quantitative estimate of drug-likeness (QED) is 0.567. The van der Waals surface area contributed by atoms with E-state index in [9.17, 15) is 8.78 Å². The fraction of sp³-hybridized carbons (Fsp3) is 0.545. The second kappa shape index (κ2) is 6.46. The maximum Gasteiger partial charge on any atom is 0.131 e. The van der Waals surface area contributed by atoms with Gasteiger partial charge in [0.05, 0.1) is 0 Å². The Morgan fingerprint density at radius 2 is 1.71 bits per heavy atom. The summed E-state index contributed by atoms with van der Waals surface area (Å²) >= 11 is 0. The molecule has 4 atom stereocenters. The predicted molar refractivity (Wildman–Crippen MR) is 95.1 cm³/mol. The summed E-state index contributed by atoms with van der Waals surface area (Å²) in [6.45, 7) is 2.32. The van der Waals surface area contributed by atoms with Crippen LogP contribution in [0.3, 0.4) is 0 Å². The Balaban J connectivity index is 1.57. The highest BCUT2D eigenvalue weighted by molar-refractivity contribution is 5.84. The first-order valence-corrected chi connectivity index (χ1v) is 9.52. The SMILES string of the molecule is CC[C@@H]1CC[C@@H]2CC(c3cc(F)c4cc(F)ccc4c3)CCC2C1. The highest BCUT2D eigenvalue weighted by atomic mass is 19.1. The van der Waals surface area contributed by atoms with Crippen LogP contribution >= 0.6 is 0 Å². The van der Waals surface area contributed by atoms with Gasteiger partial charge in [0.1, 0.15) is 11.6 Å². The third-order valence-corrected chi connectivity index (χ3v) is 6.66. The van der Waals surface area contributed by atoms with Crippen molar-refractivity contribution in [2.24, 2.45) is 17.8 Å². The van der Waals surface area contributed by atoms with Gasteiger partial charge >= 0.3 is 0 Å². The Hall–Kier alpha value is -1.44. The van der Waals surface area contributed by atoms with Crippen molar-refractivity contribution in [3.05, 3.63) is 47.5 Å². The molecule has 0 N–H and O–H groups in total. The molecule has 0 radical (unpaired) electrons. The molecule has 0 aliphatic heterocycles. The van der Waals surface area contributed by atoms with Crippen molar-refractivity contribution in [1.29, 1.82) is 0 Å². The van der Waals surface area contributed by atoms with Crippen molar-refractivity contribution >= 4 is 10.8 Å². The van der Waals surface area contributed by atoms with Gasteiger partial charge in [0.25, 0.3) is 0 Å². The van der Waals surface area contributed by atoms with E-state index in [0.29, 0.717) is 11.3 Å². The highest BCUT2D eigenvalue weighted by Gasteiger charge is 2.35. The van der Waals surface area contributed by atoms with Crippen molar-refractivity contribution in [1.82, 2.24) is 0 Å². The minimum atomic E-state index is -0.373. The summed E-state index contributed by atoms with van der Waals surface area (Å²) in [6, 6.07) is 8.17. The third kappa shape index (κ3) is 2.96. The number of rotatable bonds is 2. The summed E-state index contributed by atoms with van der Waals surface area (Å²) in [7, 11) is 0. The standard InChI is InChI=1S/C22H26F2/c1-2-14-3-4-16-10-17(6-5-15(16)9-14)19-11-18-7-8-20(23)13-21(18)22(24)12-19/h7-8,11-17H,2-6,9-10H2,1H3/t14-,15?,16-,17?/m1/s1. The van der Waals surface area contributed by atoms with Gasteiger partial charge in [0.2, 0.25) is 0 Å². The lowest BCUT2D eigenvalue weighted by Gasteiger charge is -2.42. The molecule has 2 heteroatoms. The van der Waals surface area contributed by atoms with Gasteiger partial charge in [-0.25, -0.2) is 8.78 Å². The number of hydrogen-bond acceptors (Lipinski definition) is 0. The summed E-state index contributed by atoms with van der Waals surface area (Å²) < 4.78 is 27.8. The molecule has 0 bridgehead atoms. The van der Waals surface area contributed by atoms with Crippen LogP contribution in [0.1, 0.15) is 63.4 Å². The van der Waals surface area contributed by atoms with Crippen LogP contribution in [0.5, 0.6) is 0 Å². The Morgan fingerprint density at radius 1 is 0.917 bits per heavy atom. The van der Waals surface area contributed by atoms with Crippen LogP contribution in [-0.2, 0) is 0 Å². The summed E-state index contributed by atoms with van der Waals surface area (Å²) in [5, 5.41) is 1.22. The molecule has 0 heterocycles. The van der Waals surface area contributed by atoms with E-state index in [1.54, 1.807) is 12.1 Å². The van der Waals surface area contributed by atoms with Crippen LogP contribution in [-0.4, -0.2) is 0 Å². The van der Waals surface area contributed by atoms with Gasteiger partial charge in [-0.3, -0.25) is 0 Å². The van der Waals surface area contributed by atoms with E-state index < -0.39 is 0 Å². The number of halogens is 2. The molecule has 2 aliphatic rings. The Morgan fingerprint density at radius 3 is 2.54 bits per heavy atom. The third-order valence-electron chi connectivity index (χ3n) is 6.66. The second-order valence-corrected chi connectivity index (χ2v) is 7.99. The van der Waals surface area contributed by atoms with Gasteiger partial charge in [-0.15, -0.1) is 0 Å². The minimum Gasteiger partial charge on any atom is -0.207 e. The fourth-order valence-corrected chi connectivity index (χ4v) is 5.20. The average molecular weight is 328 g/mol. The molecule has 24 heavy (non-hydrogen) atoms. The molecule has 2 aromatic carbocycles. The van der Waals surface area contributed by atoms with E-state index in [1.165, 1.54) is 57.1 Å². The molecule has 128 valence electrons. The first-order valence-electron chi connectivity index (χ1n) is 9.52. The lowest BCUT2D eigenvalue weighted by Crippen LogP contribution is -2.30. The average Bonchev–Trinajstić information content (AvgIpc) is 2.61. The molecule has 2 aliphatic carbocycles. The summed E-state index contributed by atoms with van der Waals surface area (Å²) in [4.78, 5) is 0. The number of benzene rings is 2. The van der Waals surface area contributed by atoms with Crippen LogP contribution in [0.25, 0.3) is 10.8 Å². The zero-order chi connectivity index (χ0) is 16.7. The Bertz CT molecular complexity index is 736. The van der Waals surface area contributed by atoms with Gasteiger partial charge < -0.3 is 0 Å². The molecular formula is C22H26F2. The largest absolute Gasteiger partial charge is 0.207 e. The predicted octanol–water partition coefficient (Wildman–Crippen LogP) is 6.83. The summed E-state index contributed by atoms with van der Waals surface area (Å²) in [5.74, 6) is 2.45. The molecule has 0 nitrogen and oxygen atoms in total. The molecule has 0 amide bonds. The van der Waals surface area contributed by atoms with E-state index in [4.69, 9.17) is 0 Å². The van der Waals surface area contributed by atoms with Crippen LogP contribution in [0.4, 0.5) is 8.78 Å². The molecule has 0 aromatic heterocycles. The van der Waals surface area contributed by atoms with E-state index in [2.05, 4.69) is 13.0 Å². The lowest BCUT2D eigenvalue weighted by atomic mass is 9.63.